The standard InChI is InChI=1S/C21H23ClO4/c1-21(2,14-3-6-16(7-4-14)23-10-17-11-24-17)15-5-8-20(19(22)9-15)26-13-18-12-25-18/h3-9,17-18H,10-13H2,1-2H3. The van der Waals surface area contributed by atoms with E-state index in [4.69, 9.17) is 30.5 Å². The molecule has 0 bridgehead atoms. The highest BCUT2D eigenvalue weighted by Gasteiger charge is 2.26. The minimum absolute atomic E-state index is 0.181. The van der Waals surface area contributed by atoms with Crippen molar-refractivity contribution in [3.05, 3.63) is 58.6 Å². The summed E-state index contributed by atoms with van der Waals surface area (Å²) in [6.45, 7) is 7.12. The van der Waals surface area contributed by atoms with E-state index in [0.717, 1.165) is 24.5 Å². The Kier molecular flexibility index (Phi) is 4.82. The average molecular weight is 375 g/mol. The molecule has 2 aliphatic rings. The molecule has 0 aliphatic carbocycles. The largest absolute Gasteiger partial charge is 0.491 e. The summed E-state index contributed by atoms with van der Waals surface area (Å²) in [6, 6.07) is 14.2. The van der Waals surface area contributed by atoms with Crippen molar-refractivity contribution in [2.75, 3.05) is 26.4 Å². The van der Waals surface area contributed by atoms with Gasteiger partial charge in [0.15, 0.2) is 0 Å². The zero-order valence-corrected chi connectivity index (χ0v) is 15.8. The monoisotopic (exact) mass is 374 g/mol. The van der Waals surface area contributed by atoms with Gasteiger partial charge in [-0.25, -0.2) is 0 Å². The maximum Gasteiger partial charge on any atom is 0.138 e. The van der Waals surface area contributed by atoms with Crippen LogP contribution in [-0.4, -0.2) is 38.6 Å². The van der Waals surface area contributed by atoms with Gasteiger partial charge in [0.25, 0.3) is 0 Å². The highest BCUT2D eigenvalue weighted by molar-refractivity contribution is 6.32. The third-order valence-electron chi connectivity index (χ3n) is 4.89. The summed E-state index contributed by atoms with van der Waals surface area (Å²) in [6.07, 6.45) is 0.481. The normalized spacial score (nSPS) is 21.3. The summed E-state index contributed by atoms with van der Waals surface area (Å²) in [4.78, 5) is 0. The van der Waals surface area contributed by atoms with Crippen LogP contribution in [0.15, 0.2) is 42.5 Å². The molecule has 0 saturated carbocycles. The third-order valence-corrected chi connectivity index (χ3v) is 5.19. The lowest BCUT2D eigenvalue weighted by atomic mass is 9.78. The van der Waals surface area contributed by atoms with Crippen molar-refractivity contribution >= 4 is 11.6 Å². The van der Waals surface area contributed by atoms with Crippen molar-refractivity contribution < 1.29 is 18.9 Å². The van der Waals surface area contributed by atoms with E-state index < -0.39 is 0 Å². The molecule has 4 nitrogen and oxygen atoms in total. The first kappa shape index (κ1) is 17.7. The molecular formula is C21H23ClO4. The maximum atomic E-state index is 6.43. The number of halogens is 1. The zero-order valence-electron chi connectivity index (χ0n) is 15.0. The molecule has 2 aromatic rings. The van der Waals surface area contributed by atoms with Crippen molar-refractivity contribution in [1.29, 1.82) is 0 Å². The molecule has 5 heteroatoms. The number of epoxide rings is 2. The molecule has 0 aromatic heterocycles. The first-order valence-electron chi connectivity index (χ1n) is 8.92. The van der Waals surface area contributed by atoms with E-state index in [2.05, 4.69) is 32.0 Å². The fourth-order valence-electron chi connectivity index (χ4n) is 2.84. The minimum atomic E-state index is -0.181. The topological polar surface area (TPSA) is 43.5 Å². The summed E-state index contributed by atoms with van der Waals surface area (Å²) >= 11 is 6.43. The predicted molar refractivity (Wildman–Crippen MR) is 100 cm³/mol. The van der Waals surface area contributed by atoms with Gasteiger partial charge in [0, 0.05) is 5.41 Å². The number of ether oxygens (including phenoxy) is 4. The minimum Gasteiger partial charge on any atom is -0.491 e. The molecule has 138 valence electrons. The fourth-order valence-corrected chi connectivity index (χ4v) is 3.08. The second kappa shape index (κ2) is 7.10. The molecule has 2 fully saturated rings. The van der Waals surface area contributed by atoms with Gasteiger partial charge in [0.2, 0.25) is 0 Å². The van der Waals surface area contributed by atoms with E-state index in [-0.39, 0.29) is 17.6 Å². The number of benzene rings is 2. The number of rotatable bonds is 8. The Hall–Kier alpha value is -1.75. The molecule has 2 atom stereocenters. The van der Waals surface area contributed by atoms with Crippen LogP contribution in [0.1, 0.15) is 25.0 Å². The quantitative estimate of drug-likeness (QED) is 0.649. The van der Waals surface area contributed by atoms with Gasteiger partial charge < -0.3 is 18.9 Å². The molecule has 0 N–H and O–H groups in total. The summed E-state index contributed by atoms with van der Waals surface area (Å²) in [7, 11) is 0. The van der Waals surface area contributed by atoms with Crippen molar-refractivity contribution in [3.8, 4) is 11.5 Å². The molecule has 2 heterocycles. The van der Waals surface area contributed by atoms with E-state index in [1.54, 1.807) is 0 Å². The lowest BCUT2D eigenvalue weighted by molar-refractivity contribution is 0.263. The van der Waals surface area contributed by atoms with E-state index in [1.807, 2.05) is 24.3 Å². The average Bonchev–Trinajstić information content (AvgIpc) is 3.54. The lowest BCUT2D eigenvalue weighted by Crippen LogP contribution is -2.19. The van der Waals surface area contributed by atoms with Crippen LogP contribution in [0.5, 0.6) is 11.5 Å². The lowest BCUT2D eigenvalue weighted by Gasteiger charge is -2.27. The van der Waals surface area contributed by atoms with Crippen LogP contribution in [0.25, 0.3) is 0 Å². The van der Waals surface area contributed by atoms with Crippen LogP contribution < -0.4 is 9.47 Å². The van der Waals surface area contributed by atoms with Crippen LogP contribution in [-0.2, 0) is 14.9 Å². The molecule has 2 saturated heterocycles. The van der Waals surface area contributed by atoms with Gasteiger partial charge in [0.1, 0.15) is 36.9 Å². The smallest absolute Gasteiger partial charge is 0.138 e. The Morgan fingerprint density at radius 1 is 0.923 bits per heavy atom. The van der Waals surface area contributed by atoms with Crippen molar-refractivity contribution in [1.82, 2.24) is 0 Å². The Balaban J connectivity index is 1.46. The van der Waals surface area contributed by atoms with Crippen molar-refractivity contribution in [3.63, 3.8) is 0 Å². The van der Waals surface area contributed by atoms with Gasteiger partial charge in [-0.2, -0.15) is 0 Å². The Morgan fingerprint density at radius 2 is 1.50 bits per heavy atom. The van der Waals surface area contributed by atoms with Crippen LogP contribution in [0.4, 0.5) is 0 Å². The van der Waals surface area contributed by atoms with Gasteiger partial charge in [-0.05, 0) is 35.4 Å². The number of hydrogen-bond acceptors (Lipinski definition) is 4. The third kappa shape index (κ3) is 4.14. The molecular weight excluding hydrogens is 352 g/mol. The van der Waals surface area contributed by atoms with Crippen LogP contribution in [0.2, 0.25) is 5.02 Å². The molecule has 2 aliphatic heterocycles. The fraction of sp³-hybridized carbons (Fsp3) is 0.429. The first-order valence-corrected chi connectivity index (χ1v) is 9.29. The van der Waals surface area contributed by atoms with Gasteiger partial charge in [0.05, 0.1) is 18.2 Å². The molecule has 0 spiro atoms. The number of hydrogen-bond donors (Lipinski definition) is 0. The zero-order chi connectivity index (χ0) is 18.1. The predicted octanol–water partition coefficient (Wildman–Crippen LogP) is 4.22. The molecule has 2 unspecified atom stereocenters. The van der Waals surface area contributed by atoms with E-state index >= 15 is 0 Å². The molecule has 0 radical (unpaired) electrons. The van der Waals surface area contributed by atoms with Crippen molar-refractivity contribution in [2.24, 2.45) is 0 Å². The molecule has 4 rings (SSSR count). The Labute approximate surface area is 159 Å². The maximum absolute atomic E-state index is 6.43. The van der Waals surface area contributed by atoms with Crippen LogP contribution >= 0.6 is 11.6 Å². The van der Waals surface area contributed by atoms with Crippen LogP contribution in [0, 0.1) is 0 Å². The van der Waals surface area contributed by atoms with E-state index in [1.165, 1.54) is 5.56 Å². The Bertz CT molecular complexity index is 764. The SMILES string of the molecule is CC(C)(c1ccc(OCC2CO2)cc1)c1ccc(OCC2CO2)c(Cl)c1. The molecule has 0 amide bonds. The summed E-state index contributed by atoms with van der Waals surface area (Å²) < 4.78 is 21.8. The van der Waals surface area contributed by atoms with Gasteiger partial charge in [-0.15, -0.1) is 0 Å². The summed E-state index contributed by atoms with van der Waals surface area (Å²) in [5, 5.41) is 0.626. The second-order valence-corrected chi connectivity index (χ2v) is 7.73. The van der Waals surface area contributed by atoms with Gasteiger partial charge in [-0.1, -0.05) is 43.6 Å². The van der Waals surface area contributed by atoms with Crippen LogP contribution in [0.3, 0.4) is 0 Å². The van der Waals surface area contributed by atoms with E-state index in [0.29, 0.717) is 24.0 Å². The van der Waals surface area contributed by atoms with Crippen molar-refractivity contribution in [2.45, 2.75) is 31.5 Å². The van der Waals surface area contributed by atoms with Gasteiger partial charge >= 0.3 is 0 Å². The molecule has 2 aromatic carbocycles. The van der Waals surface area contributed by atoms with E-state index in [9.17, 15) is 0 Å². The van der Waals surface area contributed by atoms with Gasteiger partial charge in [-0.3, -0.25) is 0 Å². The molecule has 26 heavy (non-hydrogen) atoms. The summed E-state index contributed by atoms with van der Waals surface area (Å²) in [5.41, 5.74) is 2.15. The highest BCUT2D eigenvalue weighted by atomic mass is 35.5. The summed E-state index contributed by atoms with van der Waals surface area (Å²) in [5.74, 6) is 1.57. The second-order valence-electron chi connectivity index (χ2n) is 7.33. The highest BCUT2D eigenvalue weighted by Crippen LogP contribution is 2.36. The Morgan fingerprint density at radius 3 is 2.08 bits per heavy atom. The first-order chi connectivity index (χ1) is 12.5.